The molecule has 0 aliphatic carbocycles. The van der Waals surface area contributed by atoms with Crippen molar-refractivity contribution in [3.05, 3.63) is 23.8 Å². The van der Waals surface area contributed by atoms with E-state index >= 15 is 0 Å². The highest BCUT2D eigenvalue weighted by Crippen LogP contribution is 1.95. The van der Waals surface area contributed by atoms with Gasteiger partial charge in [-0.3, -0.25) is 4.79 Å². The normalized spacial score (nSPS) is 10.7. The van der Waals surface area contributed by atoms with Gasteiger partial charge in [-0.15, -0.1) is 0 Å². The summed E-state index contributed by atoms with van der Waals surface area (Å²) in [6, 6.07) is 2.28. The number of nitrogens with one attached hydrogen (secondary N) is 2. The lowest BCUT2D eigenvalue weighted by molar-refractivity contribution is -0.121. The molecule has 0 radical (unpaired) electrons. The first-order valence-electron chi connectivity index (χ1n) is 6.36. The Morgan fingerprint density at radius 3 is 2.89 bits per heavy atom. The van der Waals surface area contributed by atoms with Crippen LogP contribution in [0.2, 0.25) is 0 Å². The molecule has 0 unspecified atom stereocenters. The summed E-state index contributed by atoms with van der Waals surface area (Å²) in [5.41, 5.74) is 0.844. The van der Waals surface area contributed by atoms with Crippen LogP contribution < -0.4 is 10.6 Å². The van der Waals surface area contributed by atoms with Crippen molar-refractivity contribution in [2.45, 2.75) is 46.2 Å². The van der Waals surface area contributed by atoms with Crippen LogP contribution in [0, 0.1) is 6.92 Å². The quantitative estimate of drug-likeness (QED) is 0.713. The van der Waals surface area contributed by atoms with Gasteiger partial charge in [0.05, 0.1) is 12.2 Å². The molecule has 1 aromatic rings. The van der Waals surface area contributed by atoms with Crippen LogP contribution in [0.4, 0.5) is 0 Å². The van der Waals surface area contributed by atoms with Crippen molar-refractivity contribution in [1.29, 1.82) is 0 Å². The van der Waals surface area contributed by atoms with E-state index in [-0.39, 0.29) is 5.91 Å². The predicted octanol–water partition coefficient (Wildman–Crippen LogP) is 1.18. The Kier molecular flexibility index (Phi) is 6.28. The number of aryl methyl sites for hydroxylation is 1. The molecule has 0 saturated carbocycles. The summed E-state index contributed by atoms with van der Waals surface area (Å²) in [7, 11) is 0. The second-order valence-corrected chi connectivity index (χ2v) is 4.58. The number of hydrogen-bond donors (Lipinski definition) is 2. The van der Waals surface area contributed by atoms with Crippen LogP contribution in [-0.2, 0) is 11.3 Å². The Balaban J connectivity index is 2.17. The van der Waals surface area contributed by atoms with E-state index in [0.717, 1.165) is 24.5 Å². The molecule has 18 heavy (non-hydrogen) atoms. The van der Waals surface area contributed by atoms with Gasteiger partial charge in [0, 0.05) is 18.7 Å². The molecule has 1 aromatic heterocycles. The van der Waals surface area contributed by atoms with Crippen LogP contribution in [0.25, 0.3) is 0 Å². The fourth-order valence-corrected chi connectivity index (χ4v) is 1.52. The van der Waals surface area contributed by atoms with Crippen molar-refractivity contribution in [3.8, 4) is 0 Å². The zero-order valence-corrected chi connectivity index (χ0v) is 11.4. The highest BCUT2D eigenvalue weighted by Gasteiger charge is 2.02. The largest absolute Gasteiger partial charge is 0.350 e. The molecule has 1 amide bonds. The van der Waals surface area contributed by atoms with Crippen LogP contribution in [-0.4, -0.2) is 28.5 Å². The second-order valence-electron chi connectivity index (χ2n) is 4.58. The number of rotatable bonds is 7. The number of nitrogens with zero attached hydrogens (tertiary/aromatic N) is 2. The minimum atomic E-state index is 0.0665. The van der Waals surface area contributed by atoms with Crippen LogP contribution in [0.15, 0.2) is 12.3 Å². The monoisotopic (exact) mass is 250 g/mol. The standard InChI is InChI=1S/C13H22N4O/c1-10(2)14-7-4-5-13(18)16-9-12-6-8-15-11(3)17-12/h6,8,10,14H,4-5,7,9H2,1-3H3,(H,16,18). The molecule has 5 heteroatoms. The van der Waals surface area contributed by atoms with Crippen molar-refractivity contribution in [2.24, 2.45) is 0 Å². The minimum Gasteiger partial charge on any atom is -0.350 e. The molecule has 0 spiro atoms. The van der Waals surface area contributed by atoms with Gasteiger partial charge in [-0.25, -0.2) is 9.97 Å². The third-order valence-corrected chi connectivity index (χ3v) is 2.43. The van der Waals surface area contributed by atoms with Gasteiger partial charge < -0.3 is 10.6 Å². The van der Waals surface area contributed by atoms with Crippen LogP contribution in [0.1, 0.15) is 38.2 Å². The van der Waals surface area contributed by atoms with Crippen molar-refractivity contribution in [3.63, 3.8) is 0 Å². The first kappa shape index (κ1) is 14.6. The molecule has 5 nitrogen and oxygen atoms in total. The summed E-state index contributed by atoms with van der Waals surface area (Å²) in [6.45, 7) is 7.37. The van der Waals surface area contributed by atoms with Gasteiger partial charge in [0.2, 0.25) is 5.91 Å². The number of hydrogen-bond acceptors (Lipinski definition) is 4. The number of aromatic nitrogens is 2. The zero-order valence-electron chi connectivity index (χ0n) is 11.4. The highest BCUT2D eigenvalue weighted by atomic mass is 16.1. The molecule has 100 valence electrons. The molecule has 1 rings (SSSR count). The Hall–Kier alpha value is -1.49. The Morgan fingerprint density at radius 1 is 1.44 bits per heavy atom. The summed E-state index contributed by atoms with van der Waals surface area (Å²) < 4.78 is 0. The molecule has 0 bridgehead atoms. The molecule has 0 aliphatic heterocycles. The van der Waals surface area contributed by atoms with Crippen molar-refractivity contribution < 1.29 is 4.79 Å². The first-order chi connectivity index (χ1) is 8.58. The van der Waals surface area contributed by atoms with E-state index in [1.54, 1.807) is 6.20 Å². The summed E-state index contributed by atoms with van der Waals surface area (Å²) >= 11 is 0. The van der Waals surface area contributed by atoms with E-state index in [4.69, 9.17) is 0 Å². The van der Waals surface area contributed by atoms with Crippen molar-refractivity contribution in [2.75, 3.05) is 6.54 Å². The average molecular weight is 250 g/mol. The SMILES string of the molecule is Cc1nccc(CNC(=O)CCCNC(C)C)n1. The van der Waals surface area contributed by atoms with Gasteiger partial charge >= 0.3 is 0 Å². The van der Waals surface area contributed by atoms with E-state index in [0.29, 0.717) is 19.0 Å². The van der Waals surface area contributed by atoms with Gasteiger partial charge in [0.1, 0.15) is 5.82 Å². The third-order valence-electron chi connectivity index (χ3n) is 2.43. The van der Waals surface area contributed by atoms with E-state index in [9.17, 15) is 4.79 Å². The molecule has 0 fully saturated rings. The lowest BCUT2D eigenvalue weighted by atomic mass is 10.2. The summed E-state index contributed by atoms with van der Waals surface area (Å²) in [5.74, 6) is 0.791. The zero-order chi connectivity index (χ0) is 13.4. The molecule has 0 aliphatic rings. The van der Waals surface area contributed by atoms with Crippen molar-refractivity contribution >= 4 is 5.91 Å². The topological polar surface area (TPSA) is 66.9 Å². The summed E-state index contributed by atoms with van der Waals surface area (Å²) in [5, 5.41) is 6.14. The second kappa shape index (κ2) is 7.76. The maximum Gasteiger partial charge on any atom is 0.220 e. The molecular formula is C13H22N4O. The van der Waals surface area contributed by atoms with Gasteiger partial charge in [-0.1, -0.05) is 13.8 Å². The van der Waals surface area contributed by atoms with Gasteiger partial charge in [-0.2, -0.15) is 0 Å². The van der Waals surface area contributed by atoms with Crippen LogP contribution >= 0.6 is 0 Å². The molecule has 1 heterocycles. The highest BCUT2D eigenvalue weighted by molar-refractivity contribution is 5.75. The van der Waals surface area contributed by atoms with E-state index in [1.165, 1.54) is 0 Å². The summed E-state index contributed by atoms with van der Waals surface area (Å²) in [6.07, 6.45) is 3.10. The van der Waals surface area contributed by atoms with Gasteiger partial charge in [-0.05, 0) is 26.0 Å². The fourth-order valence-electron chi connectivity index (χ4n) is 1.52. The first-order valence-corrected chi connectivity index (χ1v) is 6.36. The van der Waals surface area contributed by atoms with E-state index < -0.39 is 0 Å². The maximum atomic E-state index is 11.6. The average Bonchev–Trinajstić information content (AvgIpc) is 2.32. The lowest BCUT2D eigenvalue weighted by Gasteiger charge is -2.08. The maximum absolute atomic E-state index is 11.6. The smallest absolute Gasteiger partial charge is 0.220 e. The minimum absolute atomic E-state index is 0.0665. The Labute approximate surface area is 108 Å². The molecule has 2 N–H and O–H groups in total. The van der Waals surface area contributed by atoms with Crippen LogP contribution in [0.3, 0.4) is 0 Å². The number of carbonyl (C=O) groups is 1. The number of amides is 1. The Bertz CT molecular complexity index is 379. The number of carbonyl (C=O) groups excluding carboxylic acids is 1. The van der Waals surface area contributed by atoms with E-state index in [1.807, 2.05) is 13.0 Å². The van der Waals surface area contributed by atoms with Gasteiger partial charge in [0.15, 0.2) is 0 Å². The fraction of sp³-hybridized carbons (Fsp3) is 0.615. The summed E-state index contributed by atoms with van der Waals surface area (Å²) in [4.78, 5) is 19.8. The molecular weight excluding hydrogens is 228 g/mol. The third kappa shape index (κ3) is 6.30. The van der Waals surface area contributed by atoms with E-state index in [2.05, 4.69) is 34.4 Å². The lowest BCUT2D eigenvalue weighted by Crippen LogP contribution is -2.27. The molecule has 0 atom stereocenters. The predicted molar refractivity (Wildman–Crippen MR) is 71.0 cm³/mol. The molecule has 0 saturated heterocycles. The van der Waals surface area contributed by atoms with Crippen molar-refractivity contribution in [1.82, 2.24) is 20.6 Å². The Morgan fingerprint density at radius 2 is 2.22 bits per heavy atom. The molecule has 0 aromatic carbocycles. The van der Waals surface area contributed by atoms with Crippen LogP contribution in [0.5, 0.6) is 0 Å². The van der Waals surface area contributed by atoms with Gasteiger partial charge in [0.25, 0.3) is 0 Å².